The molecule has 0 aromatic carbocycles. The molecular formula is C15H18BrN3OS. The average Bonchev–Trinajstić information content (AvgIpc) is 2.88. The van der Waals surface area contributed by atoms with Crippen molar-refractivity contribution in [3.8, 4) is 0 Å². The molecule has 6 heteroatoms. The van der Waals surface area contributed by atoms with Crippen molar-refractivity contribution in [2.75, 3.05) is 11.9 Å². The number of nitrogens with one attached hydrogen (secondary N) is 2. The zero-order chi connectivity index (χ0) is 15.2. The monoisotopic (exact) mass is 367 g/mol. The van der Waals surface area contributed by atoms with E-state index < -0.39 is 0 Å². The largest absolute Gasteiger partial charge is 0.384 e. The predicted octanol–water partition coefficient (Wildman–Crippen LogP) is 3.97. The van der Waals surface area contributed by atoms with Gasteiger partial charge < -0.3 is 10.6 Å². The van der Waals surface area contributed by atoms with Crippen molar-refractivity contribution < 1.29 is 4.79 Å². The fourth-order valence-electron chi connectivity index (χ4n) is 1.86. The van der Waals surface area contributed by atoms with Crippen LogP contribution in [0.2, 0.25) is 0 Å². The second kappa shape index (κ2) is 7.56. The quantitative estimate of drug-likeness (QED) is 0.811. The second-order valence-electron chi connectivity index (χ2n) is 4.71. The van der Waals surface area contributed by atoms with Crippen molar-refractivity contribution in [3.05, 3.63) is 44.3 Å². The number of pyridine rings is 1. The first-order chi connectivity index (χ1) is 10.1. The van der Waals surface area contributed by atoms with Crippen LogP contribution in [0.5, 0.6) is 0 Å². The first kappa shape index (κ1) is 16.0. The van der Waals surface area contributed by atoms with Gasteiger partial charge >= 0.3 is 0 Å². The number of aromatic nitrogens is 1. The van der Waals surface area contributed by atoms with Gasteiger partial charge in [0.15, 0.2) is 0 Å². The van der Waals surface area contributed by atoms with Gasteiger partial charge in [-0.1, -0.05) is 6.92 Å². The molecule has 0 bridgehead atoms. The molecule has 0 fully saturated rings. The average molecular weight is 368 g/mol. The number of carbonyl (C=O) groups is 1. The topological polar surface area (TPSA) is 54.0 Å². The van der Waals surface area contributed by atoms with Gasteiger partial charge in [-0.05, 0) is 41.4 Å². The molecule has 112 valence electrons. The van der Waals surface area contributed by atoms with Crippen LogP contribution in [0.3, 0.4) is 0 Å². The summed E-state index contributed by atoms with van der Waals surface area (Å²) in [5.41, 5.74) is 2.33. The van der Waals surface area contributed by atoms with E-state index in [4.69, 9.17) is 0 Å². The number of halogens is 1. The van der Waals surface area contributed by atoms with E-state index in [0.29, 0.717) is 12.1 Å². The van der Waals surface area contributed by atoms with E-state index in [-0.39, 0.29) is 5.91 Å². The molecule has 0 aliphatic carbocycles. The van der Waals surface area contributed by atoms with Crippen LogP contribution in [0.15, 0.2) is 28.2 Å². The standard InChI is InChI=1S/C15H18BrN3OS/c1-3-4-17-14-5-10(2)18-8-13(14)15(20)19-7-12-6-11(16)9-21-12/h5-6,8-9H,3-4,7H2,1-2H3,(H,17,18)(H,19,20). The molecular weight excluding hydrogens is 350 g/mol. The number of nitrogens with zero attached hydrogens (tertiary/aromatic N) is 1. The predicted molar refractivity (Wildman–Crippen MR) is 90.9 cm³/mol. The van der Waals surface area contributed by atoms with E-state index in [1.165, 1.54) is 0 Å². The molecule has 2 N–H and O–H groups in total. The molecule has 2 rings (SSSR count). The zero-order valence-corrected chi connectivity index (χ0v) is 14.5. The molecule has 2 heterocycles. The van der Waals surface area contributed by atoms with Gasteiger partial charge in [-0.3, -0.25) is 9.78 Å². The minimum atomic E-state index is -0.106. The lowest BCUT2D eigenvalue weighted by atomic mass is 10.2. The molecule has 0 atom stereocenters. The van der Waals surface area contributed by atoms with E-state index in [1.807, 2.05) is 24.4 Å². The van der Waals surface area contributed by atoms with Crippen molar-refractivity contribution in [3.63, 3.8) is 0 Å². The van der Waals surface area contributed by atoms with Gasteiger partial charge in [0.25, 0.3) is 5.91 Å². The molecule has 0 unspecified atom stereocenters. The number of anilines is 1. The number of amides is 1. The maximum Gasteiger partial charge on any atom is 0.255 e. The Morgan fingerprint density at radius 3 is 2.90 bits per heavy atom. The van der Waals surface area contributed by atoms with Crippen molar-refractivity contribution >= 4 is 38.9 Å². The highest BCUT2D eigenvalue weighted by Gasteiger charge is 2.12. The molecule has 0 spiro atoms. The Morgan fingerprint density at radius 1 is 1.43 bits per heavy atom. The molecule has 1 amide bonds. The molecule has 0 radical (unpaired) electrons. The summed E-state index contributed by atoms with van der Waals surface area (Å²) in [4.78, 5) is 17.7. The van der Waals surface area contributed by atoms with E-state index in [9.17, 15) is 4.79 Å². The van der Waals surface area contributed by atoms with Gasteiger partial charge in [-0.15, -0.1) is 11.3 Å². The Morgan fingerprint density at radius 2 is 2.24 bits per heavy atom. The molecule has 21 heavy (non-hydrogen) atoms. The summed E-state index contributed by atoms with van der Waals surface area (Å²) in [5.74, 6) is -0.106. The van der Waals surface area contributed by atoms with Crippen LogP contribution in [0, 0.1) is 6.92 Å². The van der Waals surface area contributed by atoms with Crippen LogP contribution < -0.4 is 10.6 Å². The molecule has 2 aromatic rings. The van der Waals surface area contributed by atoms with Crippen LogP contribution in [-0.4, -0.2) is 17.4 Å². The number of hydrogen-bond acceptors (Lipinski definition) is 4. The summed E-state index contributed by atoms with van der Waals surface area (Å²) >= 11 is 5.02. The SMILES string of the molecule is CCCNc1cc(C)ncc1C(=O)NCc1cc(Br)cs1. The van der Waals surface area contributed by atoms with E-state index >= 15 is 0 Å². The molecule has 0 aliphatic heterocycles. The second-order valence-corrected chi connectivity index (χ2v) is 6.62. The molecule has 4 nitrogen and oxygen atoms in total. The number of thiophene rings is 1. The van der Waals surface area contributed by atoms with Crippen LogP contribution in [0.25, 0.3) is 0 Å². The van der Waals surface area contributed by atoms with Crippen LogP contribution >= 0.6 is 27.3 Å². The minimum absolute atomic E-state index is 0.106. The van der Waals surface area contributed by atoms with Crippen LogP contribution in [0.4, 0.5) is 5.69 Å². The fourth-order valence-corrected chi connectivity index (χ4v) is 3.25. The zero-order valence-electron chi connectivity index (χ0n) is 12.1. The third-order valence-corrected chi connectivity index (χ3v) is 4.59. The van der Waals surface area contributed by atoms with Gasteiger partial charge in [0, 0.05) is 33.2 Å². The van der Waals surface area contributed by atoms with Crippen LogP contribution in [-0.2, 0) is 6.54 Å². The first-order valence-corrected chi connectivity index (χ1v) is 8.49. The third kappa shape index (κ3) is 4.54. The summed E-state index contributed by atoms with van der Waals surface area (Å²) < 4.78 is 1.04. The summed E-state index contributed by atoms with van der Waals surface area (Å²) in [5, 5.41) is 8.22. The van der Waals surface area contributed by atoms with Crippen molar-refractivity contribution in [2.45, 2.75) is 26.8 Å². The fraction of sp³-hybridized carbons (Fsp3) is 0.333. The van der Waals surface area contributed by atoms with Gasteiger partial charge in [0.05, 0.1) is 17.8 Å². The molecule has 0 saturated carbocycles. The molecule has 2 aromatic heterocycles. The Balaban J connectivity index is 2.07. The Hall–Kier alpha value is -1.40. The van der Waals surface area contributed by atoms with Crippen LogP contribution in [0.1, 0.15) is 34.3 Å². The van der Waals surface area contributed by atoms with E-state index in [2.05, 4.69) is 38.5 Å². The van der Waals surface area contributed by atoms with Gasteiger partial charge in [0.2, 0.25) is 0 Å². The van der Waals surface area contributed by atoms with Gasteiger partial charge in [-0.25, -0.2) is 0 Å². The Bertz CT molecular complexity index is 627. The molecule has 0 saturated heterocycles. The summed E-state index contributed by atoms with van der Waals surface area (Å²) in [6, 6.07) is 3.92. The molecule has 0 aliphatic rings. The number of hydrogen-bond donors (Lipinski definition) is 2. The van der Waals surface area contributed by atoms with E-state index in [1.54, 1.807) is 17.5 Å². The Kier molecular flexibility index (Phi) is 5.76. The van der Waals surface area contributed by atoms with Gasteiger partial charge in [0.1, 0.15) is 0 Å². The van der Waals surface area contributed by atoms with E-state index in [0.717, 1.165) is 33.7 Å². The number of rotatable bonds is 6. The lowest BCUT2D eigenvalue weighted by Gasteiger charge is -2.12. The highest BCUT2D eigenvalue weighted by molar-refractivity contribution is 9.10. The maximum atomic E-state index is 12.3. The lowest BCUT2D eigenvalue weighted by molar-refractivity contribution is 0.0951. The Labute approximate surface area is 137 Å². The highest BCUT2D eigenvalue weighted by atomic mass is 79.9. The first-order valence-electron chi connectivity index (χ1n) is 6.81. The summed E-state index contributed by atoms with van der Waals surface area (Å²) in [6.07, 6.45) is 2.64. The highest BCUT2D eigenvalue weighted by Crippen LogP contribution is 2.20. The number of aryl methyl sites for hydroxylation is 1. The summed E-state index contributed by atoms with van der Waals surface area (Å²) in [7, 11) is 0. The maximum absolute atomic E-state index is 12.3. The van der Waals surface area contributed by atoms with Crippen molar-refractivity contribution in [1.29, 1.82) is 0 Å². The third-order valence-electron chi connectivity index (χ3n) is 2.90. The normalized spacial score (nSPS) is 10.4. The number of carbonyl (C=O) groups excluding carboxylic acids is 1. The minimum Gasteiger partial charge on any atom is -0.384 e. The lowest BCUT2D eigenvalue weighted by Crippen LogP contribution is -2.24. The van der Waals surface area contributed by atoms with Crippen molar-refractivity contribution in [2.24, 2.45) is 0 Å². The van der Waals surface area contributed by atoms with Crippen molar-refractivity contribution in [1.82, 2.24) is 10.3 Å². The smallest absolute Gasteiger partial charge is 0.255 e. The van der Waals surface area contributed by atoms with Gasteiger partial charge in [-0.2, -0.15) is 0 Å². The summed E-state index contributed by atoms with van der Waals surface area (Å²) in [6.45, 7) is 5.37.